The standard InChI is InChI=1S/C22H38N4O2/c1-5-7-14-26-15-12-19(13-16-26)25-22(23-6-2)24-17-18(3)28-21-11-9-8-10-20(21)27-4/h8-11,18-19H,5-7,12-17H2,1-4H3,(H2,23,24,25). The second-order valence-electron chi connectivity index (χ2n) is 7.41. The zero-order valence-corrected chi connectivity index (χ0v) is 18.0. The van der Waals surface area contributed by atoms with Crippen LogP contribution in [0.4, 0.5) is 0 Å². The first-order valence-corrected chi connectivity index (χ1v) is 10.7. The fourth-order valence-electron chi connectivity index (χ4n) is 3.39. The van der Waals surface area contributed by atoms with E-state index >= 15 is 0 Å². The molecule has 0 aliphatic carbocycles. The molecule has 6 heteroatoms. The van der Waals surface area contributed by atoms with Gasteiger partial charge in [0.1, 0.15) is 6.10 Å². The number of rotatable bonds is 10. The van der Waals surface area contributed by atoms with Crippen LogP contribution in [0.3, 0.4) is 0 Å². The molecule has 28 heavy (non-hydrogen) atoms. The van der Waals surface area contributed by atoms with Crippen LogP contribution in [0.1, 0.15) is 46.5 Å². The fraction of sp³-hybridized carbons (Fsp3) is 0.682. The maximum atomic E-state index is 6.01. The molecule has 2 N–H and O–H groups in total. The van der Waals surface area contributed by atoms with E-state index in [1.807, 2.05) is 31.2 Å². The lowest BCUT2D eigenvalue weighted by atomic mass is 10.0. The van der Waals surface area contributed by atoms with Crippen molar-refractivity contribution in [2.24, 2.45) is 4.99 Å². The summed E-state index contributed by atoms with van der Waals surface area (Å²) in [5.74, 6) is 2.38. The van der Waals surface area contributed by atoms with E-state index in [1.165, 1.54) is 45.3 Å². The number of para-hydroxylation sites is 2. The number of guanidine groups is 1. The number of benzene rings is 1. The summed E-state index contributed by atoms with van der Waals surface area (Å²) in [4.78, 5) is 7.32. The van der Waals surface area contributed by atoms with E-state index in [-0.39, 0.29) is 6.10 Å². The van der Waals surface area contributed by atoms with Crippen LogP contribution in [-0.2, 0) is 0 Å². The molecule has 158 valence electrons. The van der Waals surface area contributed by atoms with E-state index in [9.17, 15) is 0 Å². The third-order valence-corrected chi connectivity index (χ3v) is 5.00. The highest BCUT2D eigenvalue weighted by molar-refractivity contribution is 5.80. The summed E-state index contributed by atoms with van der Waals surface area (Å²) in [6.45, 7) is 11.4. The molecule has 0 saturated carbocycles. The van der Waals surface area contributed by atoms with Crippen molar-refractivity contribution in [1.82, 2.24) is 15.5 Å². The number of piperidine rings is 1. The number of aliphatic imine (C=N–C) groups is 1. The molecule has 1 atom stereocenters. The van der Waals surface area contributed by atoms with E-state index in [4.69, 9.17) is 14.5 Å². The van der Waals surface area contributed by atoms with Crippen LogP contribution < -0.4 is 20.1 Å². The minimum atomic E-state index is -0.0392. The SMILES string of the molecule is CCCCN1CCC(NC(=NCC(C)Oc2ccccc2OC)NCC)CC1. The molecule has 0 bridgehead atoms. The van der Waals surface area contributed by atoms with Gasteiger partial charge < -0.3 is 25.0 Å². The van der Waals surface area contributed by atoms with E-state index < -0.39 is 0 Å². The van der Waals surface area contributed by atoms with Gasteiger partial charge >= 0.3 is 0 Å². The Morgan fingerprint density at radius 3 is 2.57 bits per heavy atom. The highest BCUT2D eigenvalue weighted by Crippen LogP contribution is 2.26. The smallest absolute Gasteiger partial charge is 0.191 e. The van der Waals surface area contributed by atoms with Crippen LogP contribution in [0.15, 0.2) is 29.3 Å². The van der Waals surface area contributed by atoms with Crippen molar-refractivity contribution in [1.29, 1.82) is 0 Å². The van der Waals surface area contributed by atoms with Gasteiger partial charge in [-0.05, 0) is 51.8 Å². The zero-order chi connectivity index (χ0) is 20.2. The molecule has 1 saturated heterocycles. The van der Waals surface area contributed by atoms with Gasteiger partial charge in [-0.3, -0.25) is 0 Å². The number of methoxy groups -OCH3 is 1. The Bertz CT molecular complexity index is 586. The van der Waals surface area contributed by atoms with Crippen LogP contribution in [0.2, 0.25) is 0 Å². The van der Waals surface area contributed by atoms with Crippen molar-refractivity contribution in [3.63, 3.8) is 0 Å². The van der Waals surface area contributed by atoms with Crippen LogP contribution >= 0.6 is 0 Å². The Morgan fingerprint density at radius 2 is 1.93 bits per heavy atom. The second kappa shape index (κ2) is 12.5. The minimum absolute atomic E-state index is 0.0392. The predicted molar refractivity (Wildman–Crippen MR) is 117 cm³/mol. The Hall–Kier alpha value is -1.95. The highest BCUT2D eigenvalue weighted by Gasteiger charge is 2.19. The third-order valence-electron chi connectivity index (χ3n) is 5.00. The summed E-state index contributed by atoms with van der Waals surface area (Å²) < 4.78 is 11.4. The molecule has 0 spiro atoms. The number of nitrogens with one attached hydrogen (secondary N) is 2. The van der Waals surface area contributed by atoms with E-state index in [0.29, 0.717) is 12.6 Å². The van der Waals surface area contributed by atoms with Gasteiger partial charge in [0, 0.05) is 25.7 Å². The van der Waals surface area contributed by atoms with Gasteiger partial charge in [0.2, 0.25) is 0 Å². The summed E-state index contributed by atoms with van der Waals surface area (Å²) in [5, 5.41) is 6.97. The molecule has 1 aromatic carbocycles. The van der Waals surface area contributed by atoms with Gasteiger partial charge in [0.05, 0.1) is 13.7 Å². The van der Waals surface area contributed by atoms with E-state index in [0.717, 1.165) is 24.0 Å². The first-order valence-electron chi connectivity index (χ1n) is 10.7. The molecule has 2 rings (SSSR count). The molecule has 0 radical (unpaired) electrons. The van der Waals surface area contributed by atoms with Crippen LogP contribution in [-0.4, -0.2) is 62.8 Å². The van der Waals surface area contributed by atoms with Crippen molar-refractivity contribution in [2.45, 2.75) is 58.6 Å². The Kier molecular flexibility index (Phi) is 9.97. The van der Waals surface area contributed by atoms with Crippen LogP contribution in [0.5, 0.6) is 11.5 Å². The predicted octanol–water partition coefficient (Wildman–Crippen LogP) is 3.28. The average molecular weight is 391 g/mol. The molecule has 0 aromatic heterocycles. The van der Waals surface area contributed by atoms with Gasteiger partial charge in [-0.2, -0.15) is 0 Å². The lowest BCUT2D eigenvalue weighted by Crippen LogP contribution is -2.49. The van der Waals surface area contributed by atoms with Gasteiger partial charge in [-0.15, -0.1) is 0 Å². The zero-order valence-electron chi connectivity index (χ0n) is 18.0. The van der Waals surface area contributed by atoms with Crippen molar-refractivity contribution >= 4 is 5.96 Å². The van der Waals surface area contributed by atoms with Crippen molar-refractivity contribution in [3.8, 4) is 11.5 Å². The molecule has 1 fully saturated rings. The summed E-state index contributed by atoms with van der Waals surface area (Å²) in [7, 11) is 1.66. The lowest BCUT2D eigenvalue weighted by molar-refractivity contribution is 0.203. The first-order chi connectivity index (χ1) is 13.7. The van der Waals surface area contributed by atoms with Crippen LogP contribution in [0, 0.1) is 0 Å². The molecule has 6 nitrogen and oxygen atoms in total. The molecule has 1 aromatic rings. The fourth-order valence-corrected chi connectivity index (χ4v) is 3.39. The number of ether oxygens (including phenoxy) is 2. The summed E-state index contributed by atoms with van der Waals surface area (Å²) in [6.07, 6.45) is 4.86. The lowest BCUT2D eigenvalue weighted by Gasteiger charge is -2.33. The van der Waals surface area contributed by atoms with E-state index in [2.05, 4.69) is 29.4 Å². The quantitative estimate of drug-likeness (QED) is 0.474. The third kappa shape index (κ3) is 7.58. The number of hydrogen-bond acceptors (Lipinski definition) is 4. The Morgan fingerprint density at radius 1 is 1.21 bits per heavy atom. The van der Waals surface area contributed by atoms with Crippen molar-refractivity contribution < 1.29 is 9.47 Å². The Labute approximate surface area is 170 Å². The van der Waals surface area contributed by atoms with Crippen molar-refractivity contribution in [3.05, 3.63) is 24.3 Å². The molecular weight excluding hydrogens is 352 g/mol. The van der Waals surface area contributed by atoms with Crippen molar-refractivity contribution in [2.75, 3.05) is 39.8 Å². The molecular formula is C22H38N4O2. The van der Waals surface area contributed by atoms with Gasteiger partial charge in [-0.1, -0.05) is 25.5 Å². The molecule has 1 unspecified atom stereocenters. The largest absolute Gasteiger partial charge is 0.493 e. The first kappa shape index (κ1) is 22.3. The maximum absolute atomic E-state index is 6.01. The van der Waals surface area contributed by atoms with E-state index in [1.54, 1.807) is 7.11 Å². The number of unbranched alkanes of at least 4 members (excludes halogenated alkanes) is 1. The summed E-state index contributed by atoms with van der Waals surface area (Å²) in [6, 6.07) is 8.21. The minimum Gasteiger partial charge on any atom is -0.493 e. The number of hydrogen-bond donors (Lipinski definition) is 2. The number of likely N-dealkylation sites (tertiary alicyclic amines) is 1. The Balaban J connectivity index is 1.83. The van der Waals surface area contributed by atoms with Gasteiger partial charge in [0.15, 0.2) is 17.5 Å². The monoisotopic (exact) mass is 390 g/mol. The van der Waals surface area contributed by atoms with Crippen LogP contribution in [0.25, 0.3) is 0 Å². The highest BCUT2D eigenvalue weighted by atomic mass is 16.5. The normalized spacial score (nSPS) is 17.2. The maximum Gasteiger partial charge on any atom is 0.191 e. The summed E-state index contributed by atoms with van der Waals surface area (Å²) in [5.41, 5.74) is 0. The average Bonchev–Trinajstić information content (AvgIpc) is 2.72. The molecule has 1 aliphatic rings. The molecule has 1 aliphatic heterocycles. The van der Waals surface area contributed by atoms with Gasteiger partial charge in [-0.25, -0.2) is 4.99 Å². The molecule has 0 amide bonds. The number of nitrogens with zero attached hydrogens (tertiary/aromatic N) is 2. The molecule has 1 heterocycles. The topological polar surface area (TPSA) is 58.1 Å². The summed E-state index contributed by atoms with van der Waals surface area (Å²) >= 11 is 0. The second-order valence-corrected chi connectivity index (χ2v) is 7.41. The van der Waals surface area contributed by atoms with Gasteiger partial charge in [0.25, 0.3) is 0 Å².